The number of aryl methyl sites for hydroxylation is 2. The van der Waals surface area contributed by atoms with Gasteiger partial charge in [0.2, 0.25) is 0 Å². The summed E-state index contributed by atoms with van der Waals surface area (Å²) >= 11 is 0. The summed E-state index contributed by atoms with van der Waals surface area (Å²) in [5, 5.41) is 0. The zero-order chi connectivity index (χ0) is 26.2. The van der Waals surface area contributed by atoms with Crippen molar-refractivity contribution in [2.45, 2.75) is 155 Å². The second-order valence-corrected chi connectivity index (χ2v) is 11.3. The van der Waals surface area contributed by atoms with Crippen molar-refractivity contribution in [3.8, 4) is 11.5 Å². The minimum atomic E-state index is 0. The normalized spacial score (nSPS) is 10.9. The van der Waals surface area contributed by atoms with Gasteiger partial charge in [0.1, 0.15) is 11.5 Å². The van der Waals surface area contributed by atoms with Gasteiger partial charge >= 0.3 is 29.6 Å². The summed E-state index contributed by atoms with van der Waals surface area (Å²) in [6, 6.07) is 17.5. The quantitative estimate of drug-likeness (QED) is 0.0968. The Balaban J connectivity index is 0.00000722. The molecular weight excluding hydrogens is 471 g/mol. The van der Waals surface area contributed by atoms with Crippen molar-refractivity contribution < 1.29 is 4.74 Å². The minimum absolute atomic E-state index is 0. The van der Waals surface area contributed by atoms with E-state index in [0.717, 1.165) is 11.5 Å². The van der Waals surface area contributed by atoms with Gasteiger partial charge in [0.15, 0.2) is 0 Å². The Labute approximate surface area is 259 Å². The summed E-state index contributed by atoms with van der Waals surface area (Å²) in [5.74, 6) is 1.88. The van der Waals surface area contributed by atoms with E-state index in [9.17, 15) is 0 Å². The monoisotopic (exact) mass is 530 g/mol. The molecule has 0 fully saturated rings. The number of benzene rings is 2. The molecule has 0 aliphatic rings. The zero-order valence-electron chi connectivity index (χ0n) is 24.6. The van der Waals surface area contributed by atoms with Crippen molar-refractivity contribution in [1.29, 1.82) is 0 Å². The van der Waals surface area contributed by atoms with Gasteiger partial charge in [-0.1, -0.05) is 154 Å². The van der Waals surface area contributed by atoms with Gasteiger partial charge in [-0.05, 0) is 61.1 Å². The van der Waals surface area contributed by atoms with Gasteiger partial charge in [-0.25, -0.2) is 0 Å². The first-order valence-electron chi connectivity index (χ1n) is 16.2. The Morgan fingerprint density at radius 2 is 0.632 bits per heavy atom. The van der Waals surface area contributed by atoms with Gasteiger partial charge < -0.3 is 4.74 Å². The van der Waals surface area contributed by atoms with Crippen LogP contribution in [0, 0.1) is 0 Å². The first-order chi connectivity index (χ1) is 18.3. The first kappa shape index (κ1) is 35.3. The molecule has 0 aromatic heterocycles. The molecule has 0 saturated carbocycles. The van der Waals surface area contributed by atoms with Gasteiger partial charge in [0, 0.05) is 0 Å². The number of hydrogen-bond acceptors (Lipinski definition) is 1. The zero-order valence-corrected chi connectivity index (χ0v) is 24.6. The van der Waals surface area contributed by atoms with E-state index in [1.54, 1.807) is 0 Å². The Morgan fingerprint density at radius 3 is 0.921 bits per heavy atom. The predicted octanol–water partition coefficient (Wildman–Crippen LogP) is 11.8. The Bertz CT molecular complexity index is 686. The van der Waals surface area contributed by atoms with Crippen LogP contribution in [-0.2, 0) is 12.8 Å². The molecule has 0 amide bonds. The third-order valence-electron chi connectivity index (χ3n) is 7.72. The van der Waals surface area contributed by atoms with Crippen molar-refractivity contribution in [2.75, 3.05) is 0 Å². The fraction of sp³-hybridized carbons (Fsp3) is 0.667. The van der Waals surface area contributed by atoms with E-state index < -0.39 is 0 Å². The van der Waals surface area contributed by atoms with Crippen LogP contribution in [-0.4, -0.2) is 29.6 Å². The molecule has 0 spiro atoms. The molecular formula is C36H59NaO. The van der Waals surface area contributed by atoms with Crippen molar-refractivity contribution in [3.05, 3.63) is 59.7 Å². The van der Waals surface area contributed by atoms with Crippen LogP contribution in [0.15, 0.2) is 48.5 Å². The standard InChI is InChI=1S/C36H58O.Na.H/c1-3-5-7-9-11-13-15-17-19-21-23-33-25-29-35(30-26-33)37-36-31-27-34(28-32-36)24-22-20-18-16-14-12-10-8-6-4-2;;/h25-32H,3-24H2,1-2H3;;. The summed E-state index contributed by atoms with van der Waals surface area (Å²) in [6.45, 7) is 4.58. The predicted molar refractivity (Wildman–Crippen MR) is 171 cm³/mol. The van der Waals surface area contributed by atoms with Crippen molar-refractivity contribution in [3.63, 3.8) is 0 Å². The number of hydrogen-bond donors (Lipinski definition) is 0. The van der Waals surface area contributed by atoms with Crippen LogP contribution >= 0.6 is 0 Å². The third-order valence-corrected chi connectivity index (χ3v) is 7.72. The topological polar surface area (TPSA) is 9.23 Å². The first-order valence-corrected chi connectivity index (χ1v) is 16.2. The molecule has 0 aliphatic heterocycles. The van der Waals surface area contributed by atoms with E-state index in [1.807, 2.05) is 0 Å². The molecule has 2 aromatic carbocycles. The molecule has 0 heterocycles. The maximum atomic E-state index is 6.10. The van der Waals surface area contributed by atoms with Crippen molar-refractivity contribution in [1.82, 2.24) is 0 Å². The van der Waals surface area contributed by atoms with Gasteiger partial charge in [-0.15, -0.1) is 0 Å². The van der Waals surface area contributed by atoms with E-state index in [2.05, 4.69) is 62.4 Å². The van der Waals surface area contributed by atoms with Crippen LogP contribution in [0.2, 0.25) is 0 Å². The Morgan fingerprint density at radius 1 is 0.368 bits per heavy atom. The second kappa shape index (κ2) is 25.2. The third kappa shape index (κ3) is 18.5. The van der Waals surface area contributed by atoms with Crippen LogP contribution in [0.3, 0.4) is 0 Å². The Hall–Kier alpha value is -0.760. The molecule has 0 bridgehead atoms. The van der Waals surface area contributed by atoms with E-state index in [-0.39, 0.29) is 29.6 Å². The maximum absolute atomic E-state index is 6.10. The van der Waals surface area contributed by atoms with Gasteiger partial charge in [-0.2, -0.15) is 0 Å². The average Bonchev–Trinajstić information content (AvgIpc) is 2.92. The second-order valence-electron chi connectivity index (χ2n) is 11.3. The summed E-state index contributed by atoms with van der Waals surface area (Å²) in [7, 11) is 0. The van der Waals surface area contributed by atoms with Crippen LogP contribution in [0.25, 0.3) is 0 Å². The van der Waals surface area contributed by atoms with Crippen LogP contribution in [0.1, 0.15) is 153 Å². The molecule has 0 atom stereocenters. The molecule has 0 unspecified atom stereocenters. The molecule has 0 N–H and O–H groups in total. The fourth-order valence-electron chi connectivity index (χ4n) is 5.22. The molecule has 2 rings (SSSR count). The van der Waals surface area contributed by atoms with Gasteiger partial charge in [0.05, 0.1) is 0 Å². The molecule has 2 heteroatoms. The summed E-state index contributed by atoms with van der Waals surface area (Å²) in [4.78, 5) is 0. The van der Waals surface area contributed by atoms with Crippen LogP contribution in [0.4, 0.5) is 0 Å². The average molecular weight is 531 g/mol. The van der Waals surface area contributed by atoms with E-state index >= 15 is 0 Å². The molecule has 38 heavy (non-hydrogen) atoms. The molecule has 210 valence electrons. The summed E-state index contributed by atoms with van der Waals surface area (Å²) < 4.78 is 6.10. The van der Waals surface area contributed by atoms with Gasteiger partial charge in [0.25, 0.3) is 0 Å². The van der Waals surface area contributed by atoms with Crippen LogP contribution in [0.5, 0.6) is 11.5 Å². The fourth-order valence-corrected chi connectivity index (χ4v) is 5.22. The number of rotatable bonds is 24. The van der Waals surface area contributed by atoms with Crippen molar-refractivity contribution >= 4 is 29.6 Å². The number of ether oxygens (including phenoxy) is 1. The molecule has 0 radical (unpaired) electrons. The molecule has 2 aromatic rings. The summed E-state index contributed by atoms with van der Waals surface area (Å²) in [5.41, 5.74) is 2.86. The van der Waals surface area contributed by atoms with E-state index in [0.29, 0.717) is 0 Å². The van der Waals surface area contributed by atoms with E-state index in [4.69, 9.17) is 4.74 Å². The van der Waals surface area contributed by atoms with Gasteiger partial charge in [-0.3, -0.25) is 0 Å². The van der Waals surface area contributed by atoms with E-state index in [1.165, 1.54) is 152 Å². The summed E-state index contributed by atoms with van der Waals surface area (Å²) in [6.07, 6.45) is 30.3. The van der Waals surface area contributed by atoms with Crippen molar-refractivity contribution in [2.24, 2.45) is 0 Å². The number of unbranched alkanes of at least 4 members (excludes halogenated alkanes) is 18. The molecule has 0 aliphatic carbocycles. The SMILES string of the molecule is CCCCCCCCCCCCc1ccc(Oc2ccc(CCCCCCCCCCCC)cc2)cc1.[NaH]. The van der Waals surface area contributed by atoms with Crippen LogP contribution < -0.4 is 4.74 Å². The molecule has 0 saturated heterocycles. The molecule has 1 nitrogen and oxygen atoms in total. The Kier molecular flexibility index (Phi) is 23.4.